The van der Waals surface area contributed by atoms with Crippen LogP contribution in [-0.4, -0.2) is 35.0 Å². The van der Waals surface area contributed by atoms with Gasteiger partial charge in [0.05, 0.1) is 6.42 Å². The van der Waals surface area contributed by atoms with Crippen LogP contribution >= 0.6 is 0 Å². The number of carboxylic acid groups (broad SMARTS) is 1. The molecule has 0 aliphatic carbocycles. The van der Waals surface area contributed by atoms with E-state index < -0.39 is 5.97 Å². The maximum atomic E-state index is 13.1. The molecular formula is C24H23NO3. The zero-order valence-electron chi connectivity index (χ0n) is 15.7. The third-order valence-electron chi connectivity index (χ3n) is 5.58. The summed E-state index contributed by atoms with van der Waals surface area (Å²) in [6.07, 6.45) is 1.84. The molecule has 1 amide bonds. The summed E-state index contributed by atoms with van der Waals surface area (Å²) in [5, 5.41) is 11.1. The van der Waals surface area contributed by atoms with E-state index in [1.54, 1.807) is 0 Å². The summed E-state index contributed by atoms with van der Waals surface area (Å²) < 4.78 is 0. The van der Waals surface area contributed by atoms with Crippen molar-refractivity contribution in [2.24, 2.45) is 0 Å². The predicted molar refractivity (Wildman–Crippen MR) is 110 cm³/mol. The number of carboxylic acids is 1. The molecule has 4 heteroatoms. The molecule has 142 valence electrons. The van der Waals surface area contributed by atoms with Crippen LogP contribution in [0, 0.1) is 0 Å². The fourth-order valence-corrected chi connectivity index (χ4v) is 4.13. The standard InChI is InChI=1S/C24H23NO3/c26-23(27)16-17-5-3-8-20(15-17)18-11-13-25(14-12-18)24(28)22-10-4-7-19-6-1-2-9-21(19)22/h1-10,15,18H,11-14,16H2,(H,26,27). The molecule has 0 saturated carbocycles. The molecule has 4 rings (SSSR count). The van der Waals surface area contributed by atoms with Crippen molar-refractivity contribution < 1.29 is 14.7 Å². The first-order chi connectivity index (χ1) is 13.6. The molecule has 1 aliphatic heterocycles. The maximum absolute atomic E-state index is 13.1. The van der Waals surface area contributed by atoms with Gasteiger partial charge in [0.15, 0.2) is 0 Å². The lowest BCUT2D eigenvalue weighted by atomic mass is 9.88. The maximum Gasteiger partial charge on any atom is 0.307 e. The number of rotatable bonds is 4. The minimum Gasteiger partial charge on any atom is -0.481 e. The van der Waals surface area contributed by atoms with Crippen LogP contribution in [0.25, 0.3) is 10.8 Å². The highest BCUT2D eigenvalue weighted by Crippen LogP contribution is 2.30. The van der Waals surface area contributed by atoms with Crippen LogP contribution in [-0.2, 0) is 11.2 Å². The first-order valence-electron chi connectivity index (χ1n) is 9.69. The normalized spacial score (nSPS) is 14.9. The van der Waals surface area contributed by atoms with Gasteiger partial charge >= 0.3 is 5.97 Å². The molecular weight excluding hydrogens is 350 g/mol. The summed E-state index contributed by atoms with van der Waals surface area (Å²) in [6.45, 7) is 1.44. The van der Waals surface area contributed by atoms with Gasteiger partial charge in [0.1, 0.15) is 0 Å². The molecule has 0 spiro atoms. The van der Waals surface area contributed by atoms with Crippen LogP contribution in [0.15, 0.2) is 66.7 Å². The van der Waals surface area contributed by atoms with Gasteiger partial charge in [-0.25, -0.2) is 0 Å². The average Bonchev–Trinajstić information content (AvgIpc) is 2.73. The van der Waals surface area contributed by atoms with Crippen molar-refractivity contribution in [1.29, 1.82) is 0 Å². The minimum atomic E-state index is -0.812. The number of hydrogen-bond donors (Lipinski definition) is 1. The molecule has 3 aromatic carbocycles. The van der Waals surface area contributed by atoms with Gasteiger partial charge in [-0.05, 0) is 46.7 Å². The molecule has 0 atom stereocenters. The predicted octanol–water partition coefficient (Wildman–Crippen LogP) is 4.49. The van der Waals surface area contributed by atoms with Gasteiger partial charge in [-0.15, -0.1) is 0 Å². The first-order valence-corrected chi connectivity index (χ1v) is 9.69. The van der Waals surface area contributed by atoms with Crippen LogP contribution < -0.4 is 0 Å². The Labute approximate surface area is 164 Å². The number of likely N-dealkylation sites (tertiary alicyclic amines) is 1. The van der Waals surface area contributed by atoms with Gasteiger partial charge in [-0.1, -0.05) is 60.7 Å². The van der Waals surface area contributed by atoms with E-state index in [0.717, 1.165) is 47.8 Å². The number of carbonyl (C=O) groups excluding carboxylic acids is 1. The van der Waals surface area contributed by atoms with E-state index in [0.29, 0.717) is 5.92 Å². The lowest BCUT2D eigenvalue weighted by molar-refractivity contribution is -0.136. The molecule has 1 saturated heterocycles. The van der Waals surface area contributed by atoms with Crippen molar-refractivity contribution in [3.63, 3.8) is 0 Å². The van der Waals surface area contributed by atoms with Crippen LogP contribution in [0.4, 0.5) is 0 Å². The number of aliphatic carboxylic acids is 1. The summed E-state index contributed by atoms with van der Waals surface area (Å²) in [6, 6.07) is 21.7. The van der Waals surface area contributed by atoms with Crippen LogP contribution in [0.5, 0.6) is 0 Å². The highest BCUT2D eigenvalue weighted by Gasteiger charge is 2.25. The minimum absolute atomic E-state index is 0.0479. The molecule has 0 aromatic heterocycles. The van der Waals surface area contributed by atoms with E-state index in [9.17, 15) is 9.59 Å². The van der Waals surface area contributed by atoms with Crippen molar-refractivity contribution in [3.05, 3.63) is 83.4 Å². The summed E-state index contributed by atoms with van der Waals surface area (Å²) >= 11 is 0. The van der Waals surface area contributed by atoms with Gasteiger partial charge in [0.25, 0.3) is 5.91 Å². The van der Waals surface area contributed by atoms with Gasteiger partial charge in [0, 0.05) is 18.7 Å². The molecule has 0 unspecified atom stereocenters. The Morgan fingerprint density at radius 1 is 0.929 bits per heavy atom. The zero-order chi connectivity index (χ0) is 19.5. The summed E-state index contributed by atoms with van der Waals surface area (Å²) in [5.74, 6) is -0.354. The second-order valence-electron chi connectivity index (χ2n) is 7.41. The van der Waals surface area contributed by atoms with Crippen molar-refractivity contribution >= 4 is 22.6 Å². The first kappa shape index (κ1) is 18.2. The number of carbonyl (C=O) groups is 2. The van der Waals surface area contributed by atoms with Crippen LogP contribution in [0.3, 0.4) is 0 Å². The van der Waals surface area contributed by atoms with Crippen LogP contribution in [0.2, 0.25) is 0 Å². The second-order valence-corrected chi connectivity index (χ2v) is 7.41. The highest BCUT2D eigenvalue weighted by atomic mass is 16.4. The Kier molecular flexibility index (Phi) is 5.11. The third kappa shape index (κ3) is 3.77. The Morgan fingerprint density at radius 2 is 1.64 bits per heavy atom. The van der Waals surface area contributed by atoms with Gasteiger partial charge < -0.3 is 10.0 Å². The van der Waals surface area contributed by atoms with Crippen molar-refractivity contribution in [2.45, 2.75) is 25.2 Å². The molecule has 0 radical (unpaired) electrons. The fourth-order valence-electron chi connectivity index (χ4n) is 4.13. The van der Waals surface area contributed by atoms with Crippen molar-refractivity contribution in [3.8, 4) is 0 Å². The van der Waals surface area contributed by atoms with E-state index in [-0.39, 0.29) is 12.3 Å². The lowest BCUT2D eigenvalue weighted by Gasteiger charge is -2.32. The van der Waals surface area contributed by atoms with E-state index in [1.165, 1.54) is 5.56 Å². The van der Waals surface area contributed by atoms with E-state index in [2.05, 4.69) is 6.07 Å². The molecule has 0 bridgehead atoms. The number of hydrogen-bond acceptors (Lipinski definition) is 2. The van der Waals surface area contributed by atoms with E-state index >= 15 is 0 Å². The van der Waals surface area contributed by atoms with Gasteiger partial charge in [-0.2, -0.15) is 0 Å². The van der Waals surface area contributed by atoms with Gasteiger partial charge in [-0.3, -0.25) is 9.59 Å². The lowest BCUT2D eigenvalue weighted by Crippen LogP contribution is -2.38. The van der Waals surface area contributed by atoms with Crippen molar-refractivity contribution in [1.82, 2.24) is 4.90 Å². The monoisotopic (exact) mass is 373 g/mol. The Bertz CT molecular complexity index is 1010. The summed E-state index contributed by atoms with van der Waals surface area (Å²) in [7, 11) is 0. The molecule has 4 nitrogen and oxygen atoms in total. The van der Waals surface area contributed by atoms with E-state index in [4.69, 9.17) is 5.11 Å². The molecule has 1 heterocycles. The fraction of sp³-hybridized carbons (Fsp3) is 0.250. The quantitative estimate of drug-likeness (QED) is 0.733. The molecule has 1 fully saturated rings. The number of fused-ring (bicyclic) bond motifs is 1. The zero-order valence-corrected chi connectivity index (χ0v) is 15.7. The largest absolute Gasteiger partial charge is 0.481 e. The Morgan fingerprint density at radius 3 is 2.43 bits per heavy atom. The van der Waals surface area contributed by atoms with Gasteiger partial charge in [0.2, 0.25) is 0 Å². The Balaban J connectivity index is 1.47. The highest BCUT2D eigenvalue weighted by molar-refractivity contribution is 6.07. The molecule has 28 heavy (non-hydrogen) atoms. The summed E-state index contributed by atoms with van der Waals surface area (Å²) in [4.78, 5) is 26.0. The summed E-state index contributed by atoms with van der Waals surface area (Å²) in [5.41, 5.74) is 2.77. The number of amides is 1. The second kappa shape index (κ2) is 7.85. The van der Waals surface area contributed by atoms with Crippen LogP contribution in [0.1, 0.15) is 40.2 Å². The molecule has 1 N–H and O–H groups in total. The Hall–Kier alpha value is -3.14. The SMILES string of the molecule is O=C(O)Cc1cccc(C2CCN(C(=O)c3cccc4ccccc34)CC2)c1. The number of benzene rings is 3. The molecule has 1 aliphatic rings. The molecule has 3 aromatic rings. The number of nitrogens with zero attached hydrogens (tertiary/aromatic N) is 1. The third-order valence-corrected chi connectivity index (χ3v) is 5.58. The van der Waals surface area contributed by atoms with Crippen molar-refractivity contribution in [2.75, 3.05) is 13.1 Å². The topological polar surface area (TPSA) is 57.6 Å². The smallest absolute Gasteiger partial charge is 0.307 e. The number of piperidine rings is 1. The average molecular weight is 373 g/mol. The van der Waals surface area contributed by atoms with E-state index in [1.807, 2.05) is 65.6 Å².